The number of fused-ring (bicyclic) bond motifs is 1. The fraction of sp³-hybridized carbons (Fsp3) is 0.448. The fourth-order valence-electron chi connectivity index (χ4n) is 5.74. The first kappa shape index (κ1) is 21.1. The van der Waals surface area contributed by atoms with Crippen molar-refractivity contribution in [2.24, 2.45) is 17.8 Å². The standard InChI is InChI=1S/C29H35F/c1-3-5-6-7-22-9-17-28(29(30)19-22)24-13-11-23(12-14-24)26-16-15-25-18-21(4-2)8-10-27(25)20-26/h3-5,9,11-14,17,19,21,25-27H,2,6-8,10,15-16,18,20H2,1H3/b5-3+. The van der Waals surface area contributed by atoms with Gasteiger partial charge >= 0.3 is 0 Å². The molecule has 0 spiro atoms. The summed E-state index contributed by atoms with van der Waals surface area (Å²) in [5.74, 6) is 3.08. The van der Waals surface area contributed by atoms with Crippen molar-refractivity contribution < 1.29 is 4.39 Å². The maximum atomic E-state index is 14.7. The van der Waals surface area contributed by atoms with Crippen LogP contribution in [0.2, 0.25) is 0 Å². The summed E-state index contributed by atoms with van der Waals surface area (Å²) in [5.41, 5.74) is 4.19. The molecule has 0 aliphatic heterocycles. The Bertz CT molecular complexity index is 876. The number of hydrogen-bond acceptors (Lipinski definition) is 0. The van der Waals surface area contributed by atoms with Crippen molar-refractivity contribution in [2.75, 3.05) is 0 Å². The molecule has 0 aromatic heterocycles. The summed E-state index contributed by atoms with van der Waals surface area (Å²) in [4.78, 5) is 0. The van der Waals surface area contributed by atoms with Gasteiger partial charge in [-0.05, 0) is 105 Å². The summed E-state index contributed by atoms with van der Waals surface area (Å²) >= 11 is 0. The van der Waals surface area contributed by atoms with Crippen LogP contribution in [0.3, 0.4) is 0 Å². The lowest BCUT2D eigenvalue weighted by Crippen LogP contribution is -2.29. The lowest BCUT2D eigenvalue weighted by molar-refractivity contribution is 0.133. The third-order valence-corrected chi connectivity index (χ3v) is 7.55. The topological polar surface area (TPSA) is 0 Å². The highest BCUT2D eigenvalue weighted by Crippen LogP contribution is 2.47. The van der Waals surface area contributed by atoms with Crippen molar-refractivity contribution in [2.45, 2.75) is 64.2 Å². The highest BCUT2D eigenvalue weighted by Gasteiger charge is 2.35. The largest absolute Gasteiger partial charge is 0.206 e. The van der Waals surface area contributed by atoms with Gasteiger partial charge in [-0.3, -0.25) is 0 Å². The van der Waals surface area contributed by atoms with Crippen molar-refractivity contribution in [3.63, 3.8) is 0 Å². The van der Waals surface area contributed by atoms with Gasteiger partial charge in [-0.1, -0.05) is 54.6 Å². The number of rotatable bonds is 6. The normalized spacial score (nSPS) is 26.5. The number of halogens is 1. The van der Waals surface area contributed by atoms with Crippen molar-refractivity contribution >= 4 is 0 Å². The summed E-state index contributed by atoms with van der Waals surface area (Å²) < 4.78 is 14.7. The van der Waals surface area contributed by atoms with E-state index in [4.69, 9.17) is 0 Å². The Balaban J connectivity index is 1.41. The first-order valence-corrected chi connectivity index (χ1v) is 11.8. The lowest BCUT2D eigenvalue weighted by atomic mass is 9.64. The van der Waals surface area contributed by atoms with Gasteiger partial charge in [0.2, 0.25) is 0 Å². The first-order chi connectivity index (χ1) is 14.7. The number of benzene rings is 2. The van der Waals surface area contributed by atoms with E-state index < -0.39 is 0 Å². The van der Waals surface area contributed by atoms with E-state index in [9.17, 15) is 4.39 Å². The summed E-state index contributed by atoms with van der Waals surface area (Å²) in [6, 6.07) is 14.4. The van der Waals surface area contributed by atoms with Gasteiger partial charge in [0.05, 0.1) is 0 Å². The second kappa shape index (κ2) is 9.77. The van der Waals surface area contributed by atoms with Crippen LogP contribution in [-0.2, 0) is 6.42 Å². The molecule has 30 heavy (non-hydrogen) atoms. The van der Waals surface area contributed by atoms with Crippen LogP contribution >= 0.6 is 0 Å². The molecule has 2 aliphatic carbocycles. The maximum absolute atomic E-state index is 14.7. The molecule has 0 bridgehead atoms. The molecular formula is C29H35F. The average molecular weight is 403 g/mol. The molecule has 158 valence electrons. The van der Waals surface area contributed by atoms with Crippen LogP contribution in [0.4, 0.5) is 4.39 Å². The van der Waals surface area contributed by atoms with Crippen LogP contribution in [0.1, 0.15) is 68.9 Å². The Kier molecular flexibility index (Phi) is 6.87. The van der Waals surface area contributed by atoms with Crippen LogP contribution in [0, 0.1) is 23.6 Å². The Morgan fingerprint density at radius 3 is 2.47 bits per heavy atom. The van der Waals surface area contributed by atoms with Crippen molar-refractivity contribution in [3.8, 4) is 11.1 Å². The fourth-order valence-corrected chi connectivity index (χ4v) is 5.74. The van der Waals surface area contributed by atoms with E-state index in [1.807, 2.05) is 19.1 Å². The van der Waals surface area contributed by atoms with Gasteiger partial charge in [-0.25, -0.2) is 4.39 Å². The Morgan fingerprint density at radius 2 is 1.73 bits per heavy atom. The summed E-state index contributed by atoms with van der Waals surface area (Å²) in [6.07, 6.45) is 16.2. The zero-order chi connectivity index (χ0) is 20.9. The highest BCUT2D eigenvalue weighted by atomic mass is 19.1. The zero-order valence-electron chi connectivity index (χ0n) is 18.3. The molecule has 4 rings (SSSR count). The second-order valence-corrected chi connectivity index (χ2v) is 9.38. The molecule has 0 radical (unpaired) electrons. The van der Waals surface area contributed by atoms with E-state index in [0.717, 1.165) is 41.7 Å². The van der Waals surface area contributed by atoms with Crippen LogP contribution < -0.4 is 0 Å². The van der Waals surface area contributed by atoms with Crippen LogP contribution in [0.25, 0.3) is 11.1 Å². The van der Waals surface area contributed by atoms with Gasteiger partial charge in [-0.15, -0.1) is 6.58 Å². The van der Waals surface area contributed by atoms with Crippen molar-refractivity contribution in [1.82, 2.24) is 0 Å². The Labute approximate surface area is 181 Å². The molecule has 2 aliphatic rings. The van der Waals surface area contributed by atoms with Gasteiger partial charge in [0.1, 0.15) is 5.82 Å². The molecule has 2 aromatic rings. The molecule has 0 amide bonds. The van der Waals surface area contributed by atoms with E-state index in [-0.39, 0.29) is 5.82 Å². The number of allylic oxidation sites excluding steroid dienone is 3. The van der Waals surface area contributed by atoms with Gasteiger partial charge in [0.15, 0.2) is 0 Å². The molecule has 1 heteroatoms. The van der Waals surface area contributed by atoms with E-state index in [0.29, 0.717) is 11.5 Å². The zero-order valence-corrected chi connectivity index (χ0v) is 18.3. The molecule has 0 saturated heterocycles. The summed E-state index contributed by atoms with van der Waals surface area (Å²) in [5, 5.41) is 0. The van der Waals surface area contributed by atoms with Gasteiger partial charge < -0.3 is 0 Å². The molecule has 4 atom stereocenters. The van der Waals surface area contributed by atoms with E-state index in [1.165, 1.54) is 44.1 Å². The third kappa shape index (κ3) is 4.77. The van der Waals surface area contributed by atoms with E-state index >= 15 is 0 Å². The Morgan fingerprint density at radius 1 is 0.967 bits per heavy atom. The van der Waals surface area contributed by atoms with Gasteiger partial charge in [0, 0.05) is 5.56 Å². The average Bonchev–Trinajstić information content (AvgIpc) is 2.79. The molecule has 0 N–H and O–H groups in total. The van der Waals surface area contributed by atoms with Crippen LogP contribution in [-0.4, -0.2) is 0 Å². The van der Waals surface area contributed by atoms with Crippen molar-refractivity contribution in [3.05, 3.63) is 84.2 Å². The van der Waals surface area contributed by atoms with E-state index in [2.05, 4.69) is 49.1 Å². The smallest absolute Gasteiger partial charge is 0.131 e. The van der Waals surface area contributed by atoms with Gasteiger partial charge in [0.25, 0.3) is 0 Å². The Hall–Kier alpha value is -2.15. The quantitative estimate of drug-likeness (QED) is 0.425. The number of aryl methyl sites for hydroxylation is 1. The molecule has 0 nitrogen and oxygen atoms in total. The van der Waals surface area contributed by atoms with Crippen LogP contribution in [0.5, 0.6) is 0 Å². The predicted octanol–water partition coefficient (Wildman–Crippen LogP) is 8.49. The molecule has 2 saturated carbocycles. The summed E-state index contributed by atoms with van der Waals surface area (Å²) in [7, 11) is 0. The number of hydrogen-bond donors (Lipinski definition) is 0. The van der Waals surface area contributed by atoms with Gasteiger partial charge in [-0.2, -0.15) is 0 Å². The minimum Gasteiger partial charge on any atom is -0.206 e. The summed E-state index contributed by atoms with van der Waals surface area (Å²) in [6.45, 7) is 6.04. The molecule has 0 heterocycles. The maximum Gasteiger partial charge on any atom is 0.131 e. The molecule has 2 fully saturated rings. The predicted molar refractivity (Wildman–Crippen MR) is 126 cm³/mol. The lowest BCUT2D eigenvalue weighted by Gasteiger charge is -2.41. The molecular weight excluding hydrogens is 367 g/mol. The minimum absolute atomic E-state index is 0.111. The van der Waals surface area contributed by atoms with E-state index in [1.54, 1.807) is 6.07 Å². The van der Waals surface area contributed by atoms with Crippen LogP contribution in [0.15, 0.2) is 67.3 Å². The molecule has 2 aromatic carbocycles. The minimum atomic E-state index is -0.111. The van der Waals surface area contributed by atoms with Crippen molar-refractivity contribution in [1.29, 1.82) is 0 Å². The highest BCUT2D eigenvalue weighted by molar-refractivity contribution is 5.65. The monoisotopic (exact) mass is 402 g/mol. The third-order valence-electron chi connectivity index (χ3n) is 7.55. The second-order valence-electron chi connectivity index (χ2n) is 9.38. The first-order valence-electron chi connectivity index (χ1n) is 11.8. The molecule has 4 unspecified atom stereocenters. The SMILES string of the molecule is C=CC1CCC2CC(c3ccc(-c4ccc(CC/C=C/C)cc4F)cc3)CCC2C1.